The summed E-state index contributed by atoms with van der Waals surface area (Å²) in [6, 6.07) is 8.21. The second-order valence-corrected chi connectivity index (χ2v) is 6.25. The highest BCUT2D eigenvalue weighted by molar-refractivity contribution is 5.46. The molecule has 128 valence electrons. The van der Waals surface area contributed by atoms with Crippen molar-refractivity contribution in [2.75, 3.05) is 37.9 Å². The summed E-state index contributed by atoms with van der Waals surface area (Å²) in [5.74, 6) is 3.42. The summed E-state index contributed by atoms with van der Waals surface area (Å²) in [5.41, 5.74) is 1.25. The van der Waals surface area contributed by atoms with E-state index < -0.39 is 0 Å². The predicted molar refractivity (Wildman–Crippen MR) is 90.8 cm³/mol. The lowest BCUT2D eigenvalue weighted by atomic mass is 10.1. The summed E-state index contributed by atoms with van der Waals surface area (Å²) >= 11 is 0. The van der Waals surface area contributed by atoms with Crippen LogP contribution in [0, 0.1) is 0 Å². The van der Waals surface area contributed by atoms with Gasteiger partial charge in [0.1, 0.15) is 12.1 Å². The van der Waals surface area contributed by atoms with Gasteiger partial charge in [-0.3, -0.25) is 9.30 Å². The molecule has 2 aliphatic heterocycles. The van der Waals surface area contributed by atoms with Crippen molar-refractivity contribution < 1.29 is 9.47 Å². The number of hydrogen-bond donors (Lipinski definition) is 0. The van der Waals surface area contributed by atoms with Crippen LogP contribution in [-0.4, -0.2) is 57.5 Å². The van der Waals surface area contributed by atoms with Crippen molar-refractivity contribution in [3.8, 4) is 11.5 Å². The van der Waals surface area contributed by atoms with Crippen molar-refractivity contribution in [1.82, 2.24) is 24.5 Å². The van der Waals surface area contributed by atoms with E-state index in [0.29, 0.717) is 12.6 Å². The third kappa shape index (κ3) is 2.64. The number of hydrogen-bond acceptors (Lipinski definition) is 7. The number of fused-ring (bicyclic) bond motifs is 2. The van der Waals surface area contributed by atoms with Gasteiger partial charge < -0.3 is 14.4 Å². The summed E-state index contributed by atoms with van der Waals surface area (Å²) in [6.45, 7) is 5.16. The Hall–Kier alpha value is -2.87. The monoisotopic (exact) mass is 338 g/mol. The molecule has 0 bridgehead atoms. The van der Waals surface area contributed by atoms with Crippen molar-refractivity contribution in [1.29, 1.82) is 0 Å². The van der Waals surface area contributed by atoms with E-state index in [1.54, 1.807) is 12.5 Å². The van der Waals surface area contributed by atoms with Crippen LogP contribution in [0.3, 0.4) is 0 Å². The molecule has 4 heterocycles. The van der Waals surface area contributed by atoms with Gasteiger partial charge in [-0.25, -0.2) is 4.98 Å². The zero-order chi connectivity index (χ0) is 16.6. The molecule has 1 aromatic carbocycles. The molecule has 2 aromatic heterocycles. The highest BCUT2D eigenvalue weighted by Crippen LogP contribution is 2.32. The van der Waals surface area contributed by atoms with Gasteiger partial charge in [0.05, 0.1) is 0 Å². The average molecular weight is 338 g/mol. The Morgan fingerprint density at radius 1 is 1.00 bits per heavy atom. The molecule has 0 aliphatic carbocycles. The van der Waals surface area contributed by atoms with Crippen LogP contribution in [0.5, 0.6) is 11.5 Å². The number of aromatic nitrogens is 4. The van der Waals surface area contributed by atoms with Gasteiger partial charge in [-0.1, -0.05) is 6.07 Å². The number of nitrogens with zero attached hydrogens (tertiary/aromatic N) is 6. The van der Waals surface area contributed by atoms with E-state index >= 15 is 0 Å². The van der Waals surface area contributed by atoms with Crippen molar-refractivity contribution in [2.24, 2.45) is 0 Å². The Morgan fingerprint density at radius 3 is 2.80 bits per heavy atom. The Labute approximate surface area is 144 Å². The van der Waals surface area contributed by atoms with E-state index in [4.69, 9.17) is 9.47 Å². The van der Waals surface area contributed by atoms with E-state index in [1.807, 2.05) is 16.5 Å². The second-order valence-electron chi connectivity index (χ2n) is 6.25. The zero-order valence-electron chi connectivity index (χ0n) is 13.7. The first-order valence-corrected chi connectivity index (χ1v) is 8.37. The first-order valence-electron chi connectivity index (χ1n) is 8.37. The number of piperazine rings is 1. The van der Waals surface area contributed by atoms with E-state index in [1.165, 1.54) is 5.56 Å². The van der Waals surface area contributed by atoms with E-state index in [-0.39, 0.29) is 0 Å². The van der Waals surface area contributed by atoms with Crippen molar-refractivity contribution in [3.63, 3.8) is 0 Å². The summed E-state index contributed by atoms with van der Waals surface area (Å²) in [4.78, 5) is 9.04. The normalized spacial score (nSPS) is 17.4. The van der Waals surface area contributed by atoms with Gasteiger partial charge in [-0.15, -0.1) is 10.2 Å². The fourth-order valence-electron chi connectivity index (χ4n) is 3.42. The molecule has 0 radical (unpaired) electrons. The Bertz CT molecular complexity index is 903. The SMILES string of the molecule is c1cc(N2CCN(Cc3ccc4c(c3)OCO4)CC2)n2cnnc2n1. The number of benzene rings is 1. The quantitative estimate of drug-likeness (QED) is 0.710. The van der Waals surface area contributed by atoms with Gasteiger partial charge in [-0.2, -0.15) is 0 Å². The van der Waals surface area contributed by atoms with E-state index in [2.05, 4.69) is 37.1 Å². The molecule has 0 amide bonds. The van der Waals surface area contributed by atoms with Gasteiger partial charge in [0, 0.05) is 38.9 Å². The van der Waals surface area contributed by atoms with Crippen molar-refractivity contribution >= 4 is 11.6 Å². The van der Waals surface area contributed by atoms with Gasteiger partial charge in [-0.05, 0) is 23.8 Å². The molecule has 3 aromatic rings. The van der Waals surface area contributed by atoms with Gasteiger partial charge in [0.15, 0.2) is 11.5 Å². The standard InChI is InChI=1S/C17H18N6O2/c1-2-14-15(25-12-24-14)9-13(1)10-21-5-7-22(8-6-21)16-3-4-18-17-20-19-11-23(16)17/h1-4,9,11H,5-8,10,12H2. The molecule has 5 rings (SSSR count). The minimum atomic E-state index is 0.320. The van der Waals surface area contributed by atoms with Crippen LogP contribution in [0.1, 0.15) is 5.56 Å². The van der Waals surface area contributed by atoms with Crippen LogP contribution >= 0.6 is 0 Å². The first kappa shape index (κ1) is 14.5. The smallest absolute Gasteiger partial charge is 0.256 e. The molecule has 8 nitrogen and oxygen atoms in total. The fourth-order valence-corrected chi connectivity index (χ4v) is 3.42. The van der Waals surface area contributed by atoms with Gasteiger partial charge in [0.25, 0.3) is 5.78 Å². The molecule has 0 saturated carbocycles. The molecule has 0 atom stereocenters. The molecular formula is C17H18N6O2. The summed E-state index contributed by atoms with van der Waals surface area (Å²) in [5, 5.41) is 7.96. The van der Waals surface area contributed by atoms with Crippen LogP contribution in [0.2, 0.25) is 0 Å². The summed E-state index contributed by atoms with van der Waals surface area (Å²) in [6.07, 6.45) is 3.51. The molecule has 0 unspecified atom stereocenters. The minimum Gasteiger partial charge on any atom is -0.454 e. The molecule has 25 heavy (non-hydrogen) atoms. The number of anilines is 1. The zero-order valence-corrected chi connectivity index (χ0v) is 13.7. The number of ether oxygens (including phenoxy) is 2. The van der Waals surface area contributed by atoms with Crippen molar-refractivity contribution in [2.45, 2.75) is 6.54 Å². The average Bonchev–Trinajstić information content (AvgIpc) is 3.31. The van der Waals surface area contributed by atoms with Crippen LogP contribution in [-0.2, 0) is 6.54 Å². The summed E-state index contributed by atoms with van der Waals surface area (Å²) < 4.78 is 12.8. The Balaban J connectivity index is 1.26. The maximum absolute atomic E-state index is 5.47. The minimum absolute atomic E-state index is 0.320. The largest absolute Gasteiger partial charge is 0.454 e. The van der Waals surface area contributed by atoms with Crippen LogP contribution < -0.4 is 14.4 Å². The lowest BCUT2D eigenvalue weighted by Gasteiger charge is -2.36. The molecule has 1 saturated heterocycles. The third-order valence-corrected chi connectivity index (χ3v) is 4.73. The highest BCUT2D eigenvalue weighted by Gasteiger charge is 2.20. The lowest BCUT2D eigenvalue weighted by molar-refractivity contribution is 0.174. The molecule has 1 fully saturated rings. The first-order chi connectivity index (χ1) is 12.4. The van der Waals surface area contributed by atoms with Gasteiger partial charge in [0.2, 0.25) is 6.79 Å². The lowest BCUT2D eigenvalue weighted by Crippen LogP contribution is -2.46. The van der Waals surface area contributed by atoms with Crippen molar-refractivity contribution in [3.05, 3.63) is 42.4 Å². The maximum atomic E-state index is 5.47. The second kappa shape index (κ2) is 5.89. The number of rotatable bonds is 3. The molecular weight excluding hydrogens is 320 g/mol. The predicted octanol–water partition coefficient (Wildman–Crippen LogP) is 1.18. The molecule has 8 heteroatoms. The van der Waals surface area contributed by atoms with Crippen LogP contribution in [0.25, 0.3) is 5.78 Å². The molecule has 0 N–H and O–H groups in total. The van der Waals surface area contributed by atoms with Crippen LogP contribution in [0.4, 0.5) is 5.82 Å². The highest BCUT2D eigenvalue weighted by atomic mass is 16.7. The van der Waals surface area contributed by atoms with Gasteiger partial charge >= 0.3 is 0 Å². The van der Waals surface area contributed by atoms with Crippen LogP contribution in [0.15, 0.2) is 36.8 Å². The summed E-state index contributed by atoms with van der Waals surface area (Å²) in [7, 11) is 0. The molecule has 2 aliphatic rings. The topological polar surface area (TPSA) is 68.0 Å². The Kier molecular flexibility index (Phi) is 3.41. The maximum Gasteiger partial charge on any atom is 0.256 e. The Morgan fingerprint density at radius 2 is 1.88 bits per heavy atom. The van der Waals surface area contributed by atoms with E-state index in [9.17, 15) is 0 Å². The fraction of sp³-hybridized carbons (Fsp3) is 0.353. The third-order valence-electron chi connectivity index (χ3n) is 4.73. The molecule has 0 spiro atoms. The van der Waals surface area contributed by atoms with E-state index in [0.717, 1.165) is 50.0 Å².